The molecule has 0 fully saturated rings. The fourth-order valence-corrected chi connectivity index (χ4v) is 2.99. The van der Waals surface area contributed by atoms with Gasteiger partial charge in [-0.25, -0.2) is 8.42 Å². The van der Waals surface area contributed by atoms with Crippen molar-refractivity contribution in [2.45, 2.75) is 24.8 Å². The van der Waals surface area contributed by atoms with Gasteiger partial charge in [-0.15, -0.1) is 0 Å². The second-order valence-corrected chi connectivity index (χ2v) is 8.47. The van der Waals surface area contributed by atoms with Crippen molar-refractivity contribution in [1.29, 1.82) is 0 Å². The maximum Gasteiger partial charge on any atom is 0.257 e. The minimum atomic E-state index is -3.31. The van der Waals surface area contributed by atoms with Crippen LogP contribution in [0.5, 0.6) is 17.5 Å². The minimum absolute atomic E-state index is 0.127. The van der Waals surface area contributed by atoms with Crippen LogP contribution in [-0.2, 0) is 9.84 Å². The van der Waals surface area contributed by atoms with Gasteiger partial charge >= 0.3 is 0 Å². The van der Waals surface area contributed by atoms with Crippen LogP contribution < -0.4 is 14.8 Å². The molecule has 0 aliphatic heterocycles. The molecule has 0 spiro atoms. The first-order chi connectivity index (χ1) is 13.7. The van der Waals surface area contributed by atoms with Gasteiger partial charge in [0.15, 0.2) is 15.7 Å². The Labute approximate surface area is 168 Å². The quantitative estimate of drug-likeness (QED) is 0.607. The summed E-state index contributed by atoms with van der Waals surface area (Å²) in [5.41, 5.74) is 0.265. The maximum absolute atomic E-state index is 12.5. The summed E-state index contributed by atoms with van der Waals surface area (Å²) in [4.78, 5) is 17.0. The number of carbonyl (C=O) groups is 1. The number of ether oxygens (including phenoxy) is 2. The van der Waals surface area contributed by atoms with E-state index in [1.807, 2.05) is 13.8 Å². The normalized spacial score (nSPS) is 11.3. The van der Waals surface area contributed by atoms with Crippen LogP contribution in [0.1, 0.15) is 24.2 Å². The van der Waals surface area contributed by atoms with E-state index in [2.05, 4.69) is 20.5 Å². The Balaban J connectivity index is 1.87. The summed E-state index contributed by atoms with van der Waals surface area (Å²) in [5, 5.41) is 9.15. The van der Waals surface area contributed by atoms with Crippen molar-refractivity contribution in [3.05, 3.63) is 54.2 Å². The molecular weight excluding hydrogens is 396 g/mol. The Morgan fingerprint density at radius 1 is 1.10 bits per heavy atom. The number of hydrogen-bond acceptors (Lipinski definition) is 7. The molecule has 2 N–H and O–H groups in total. The van der Waals surface area contributed by atoms with Gasteiger partial charge in [-0.05, 0) is 38.1 Å². The first-order valence-corrected chi connectivity index (χ1v) is 10.6. The van der Waals surface area contributed by atoms with Crippen LogP contribution in [0.2, 0.25) is 0 Å². The third-order valence-electron chi connectivity index (χ3n) is 3.61. The number of aromatic amines is 1. The number of sulfone groups is 1. The van der Waals surface area contributed by atoms with Gasteiger partial charge in [-0.2, -0.15) is 10.1 Å². The molecular formula is C19H20N4O5S. The molecule has 0 saturated heterocycles. The Hall–Kier alpha value is -3.40. The molecule has 3 aromatic rings. The molecule has 1 aromatic carbocycles. The van der Waals surface area contributed by atoms with Crippen LogP contribution >= 0.6 is 0 Å². The van der Waals surface area contributed by atoms with Gasteiger partial charge in [-0.1, -0.05) is 0 Å². The zero-order valence-corrected chi connectivity index (χ0v) is 16.9. The van der Waals surface area contributed by atoms with Gasteiger partial charge in [0, 0.05) is 30.7 Å². The molecule has 0 saturated carbocycles. The molecule has 10 heteroatoms. The smallest absolute Gasteiger partial charge is 0.257 e. The van der Waals surface area contributed by atoms with Crippen molar-refractivity contribution in [3.63, 3.8) is 0 Å². The molecule has 9 nitrogen and oxygen atoms in total. The standard InChI is InChI=1S/C19H20N4O5S/c1-12(2)27-17-10-13(19(24)21-16-8-9-20-23-16)11-18(22-17)28-14-4-6-15(7-5-14)29(3,25)26/h4-12H,1-3H3,(H2,20,21,23,24). The topological polar surface area (TPSA) is 123 Å². The lowest BCUT2D eigenvalue weighted by atomic mass is 10.2. The third kappa shape index (κ3) is 5.55. The van der Waals surface area contributed by atoms with Gasteiger partial charge in [0.05, 0.1) is 16.6 Å². The first kappa shape index (κ1) is 20.3. The summed E-state index contributed by atoms with van der Waals surface area (Å²) < 4.78 is 34.5. The summed E-state index contributed by atoms with van der Waals surface area (Å²) in [7, 11) is -3.31. The van der Waals surface area contributed by atoms with E-state index in [-0.39, 0.29) is 28.3 Å². The predicted octanol–water partition coefficient (Wildman–Crippen LogP) is 3.04. The highest BCUT2D eigenvalue weighted by Crippen LogP contribution is 2.26. The van der Waals surface area contributed by atoms with Crippen LogP contribution in [-0.4, -0.2) is 41.9 Å². The molecule has 2 aromatic heterocycles. The molecule has 1 amide bonds. The highest BCUT2D eigenvalue weighted by atomic mass is 32.2. The lowest BCUT2D eigenvalue weighted by Crippen LogP contribution is -2.14. The summed E-state index contributed by atoms with van der Waals surface area (Å²) >= 11 is 0. The van der Waals surface area contributed by atoms with Crippen molar-refractivity contribution >= 4 is 21.6 Å². The van der Waals surface area contributed by atoms with E-state index >= 15 is 0 Å². The Kier molecular flexibility index (Phi) is 5.83. The fourth-order valence-electron chi connectivity index (χ4n) is 2.36. The highest BCUT2D eigenvalue weighted by molar-refractivity contribution is 7.90. The molecule has 2 heterocycles. The van der Waals surface area contributed by atoms with Crippen LogP contribution in [0.15, 0.2) is 53.6 Å². The number of benzene rings is 1. The van der Waals surface area contributed by atoms with Crippen molar-refractivity contribution in [3.8, 4) is 17.5 Å². The van der Waals surface area contributed by atoms with Crippen molar-refractivity contribution in [1.82, 2.24) is 15.2 Å². The first-order valence-electron chi connectivity index (χ1n) is 8.68. The second kappa shape index (κ2) is 8.31. The highest BCUT2D eigenvalue weighted by Gasteiger charge is 2.14. The number of amides is 1. The van der Waals surface area contributed by atoms with Crippen molar-refractivity contribution < 1.29 is 22.7 Å². The molecule has 0 bridgehead atoms. The number of carbonyl (C=O) groups excluding carboxylic acids is 1. The summed E-state index contributed by atoms with van der Waals surface area (Å²) in [6, 6.07) is 10.5. The molecule has 29 heavy (non-hydrogen) atoms. The lowest BCUT2D eigenvalue weighted by Gasteiger charge is -2.13. The number of H-pyrrole nitrogens is 1. The second-order valence-electron chi connectivity index (χ2n) is 6.46. The van der Waals surface area contributed by atoms with Gasteiger partial charge in [0.25, 0.3) is 5.91 Å². The van der Waals surface area contributed by atoms with E-state index < -0.39 is 15.7 Å². The van der Waals surface area contributed by atoms with Gasteiger partial charge in [-0.3, -0.25) is 9.89 Å². The number of hydrogen-bond donors (Lipinski definition) is 2. The van der Waals surface area contributed by atoms with Crippen LogP contribution in [0.3, 0.4) is 0 Å². The van der Waals surface area contributed by atoms with Crippen LogP contribution in [0, 0.1) is 0 Å². The van der Waals surface area contributed by atoms with E-state index in [4.69, 9.17) is 9.47 Å². The number of aromatic nitrogens is 3. The number of anilines is 1. The lowest BCUT2D eigenvalue weighted by molar-refractivity contribution is 0.102. The average Bonchev–Trinajstić information content (AvgIpc) is 3.13. The fraction of sp³-hybridized carbons (Fsp3) is 0.211. The Morgan fingerprint density at radius 2 is 1.79 bits per heavy atom. The van der Waals surface area contributed by atoms with Crippen LogP contribution in [0.4, 0.5) is 5.82 Å². The maximum atomic E-state index is 12.5. The number of nitrogens with one attached hydrogen (secondary N) is 2. The van der Waals surface area contributed by atoms with E-state index in [0.29, 0.717) is 11.6 Å². The van der Waals surface area contributed by atoms with Crippen LogP contribution in [0.25, 0.3) is 0 Å². The summed E-state index contributed by atoms with van der Waals surface area (Å²) in [5.74, 6) is 0.674. The molecule has 0 radical (unpaired) electrons. The van der Waals surface area contributed by atoms with Crippen molar-refractivity contribution in [2.24, 2.45) is 0 Å². The van der Waals surface area contributed by atoms with E-state index in [1.165, 1.54) is 36.4 Å². The van der Waals surface area contributed by atoms with E-state index in [9.17, 15) is 13.2 Å². The molecule has 0 atom stereocenters. The Bertz CT molecular complexity index is 1090. The van der Waals surface area contributed by atoms with E-state index in [0.717, 1.165) is 6.26 Å². The Morgan fingerprint density at radius 3 is 2.38 bits per heavy atom. The zero-order valence-electron chi connectivity index (χ0n) is 16.0. The molecule has 152 valence electrons. The molecule has 0 aliphatic carbocycles. The molecule has 0 unspecified atom stereocenters. The van der Waals surface area contributed by atoms with Gasteiger partial charge in [0.1, 0.15) is 5.75 Å². The minimum Gasteiger partial charge on any atom is -0.475 e. The average molecular weight is 416 g/mol. The zero-order chi connectivity index (χ0) is 21.0. The van der Waals surface area contributed by atoms with Crippen molar-refractivity contribution in [2.75, 3.05) is 11.6 Å². The van der Waals surface area contributed by atoms with Gasteiger partial charge < -0.3 is 14.8 Å². The number of nitrogens with zero attached hydrogens (tertiary/aromatic N) is 2. The summed E-state index contributed by atoms with van der Waals surface area (Å²) in [6.07, 6.45) is 2.56. The van der Waals surface area contributed by atoms with Gasteiger partial charge in [0.2, 0.25) is 11.8 Å². The third-order valence-corrected chi connectivity index (χ3v) is 4.74. The molecule has 0 aliphatic rings. The largest absolute Gasteiger partial charge is 0.475 e. The predicted molar refractivity (Wildman–Crippen MR) is 106 cm³/mol. The number of pyridine rings is 1. The SMILES string of the molecule is CC(C)Oc1cc(C(=O)Nc2cc[nH]n2)cc(Oc2ccc(S(C)(=O)=O)cc2)n1. The summed E-state index contributed by atoms with van der Waals surface area (Å²) in [6.45, 7) is 3.67. The number of rotatable bonds is 7. The van der Waals surface area contributed by atoms with E-state index in [1.54, 1.807) is 12.3 Å². The monoisotopic (exact) mass is 416 g/mol. The molecule has 3 rings (SSSR count).